The largest absolute Gasteiger partial charge is 0.452 e. The lowest BCUT2D eigenvalue weighted by atomic mass is 10.0. The molecule has 1 amide bonds. The second-order valence-corrected chi connectivity index (χ2v) is 7.81. The molecule has 0 spiro atoms. The zero-order valence-corrected chi connectivity index (χ0v) is 17.7. The van der Waals surface area contributed by atoms with Crippen LogP contribution < -0.4 is 5.32 Å². The Labute approximate surface area is 172 Å². The summed E-state index contributed by atoms with van der Waals surface area (Å²) >= 11 is 0. The smallest absolute Gasteiger partial charge is 0.331 e. The van der Waals surface area contributed by atoms with Crippen LogP contribution >= 0.6 is 0 Å². The molecule has 1 aromatic carbocycles. The lowest BCUT2D eigenvalue weighted by Crippen LogP contribution is -2.32. The van der Waals surface area contributed by atoms with Crippen LogP contribution in [0.3, 0.4) is 0 Å². The van der Waals surface area contributed by atoms with Crippen molar-refractivity contribution in [2.45, 2.75) is 59.0 Å². The van der Waals surface area contributed by atoms with Crippen molar-refractivity contribution in [2.24, 2.45) is 0 Å². The van der Waals surface area contributed by atoms with Crippen molar-refractivity contribution in [2.75, 3.05) is 6.61 Å². The van der Waals surface area contributed by atoms with E-state index in [-0.39, 0.29) is 18.6 Å². The average Bonchev–Trinajstić information content (AvgIpc) is 3.49. The van der Waals surface area contributed by atoms with E-state index in [1.807, 2.05) is 38.1 Å². The van der Waals surface area contributed by atoms with Gasteiger partial charge in [0.2, 0.25) is 0 Å². The fourth-order valence-corrected chi connectivity index (χ4v) is 3.66. The van der Waals surface area contributed by atoms with Crippen LogP contribution in [0, 0.1) is 20.8 Å². The van der Waals surface area contributed by atoms with Crippen molar-refractivity contribution < 1.29 is 14.3 Å². The molecule has 1 aliphatic rings. The Morgan fingerprint density at radius 2 is 1.90 bits per heavy atom. The number of esters is 1. The van der Waals surface area contributed by atoms with Crippen molar-refractivity contribution in [3.8, 4) is 0 Å². The summed E-state index contributed by atoms with van der Waals surface area (Å²) in [4.78, 5) is 24.2. The molecular formula is C24H30N2O3. The molecule has 0 bridgehead atoms. The Bertz CT molecular complexity index is 905. The summed E-state index contributed by atoms with van der Waals surface area (Å²) < 4.78 is 7.45. The standard InChI is InChI=1S/C24H30N2O3/c1-5-22(19-8-6-16(2)7-9-19)25-23(27)15-29-24(28)13-10-20-14-17(3)26(18(20)4)21-11-12-21/h6-10,13-14,21-22H,5,11-12,15H2,1-4H3,(H,25,27)/b13-10+/t22-/m1/s1. The molecule has 1 aliphatic carbocycles. The van der Waals surface area contributed by atoms with Gasteiger partial charge < -0.3 is 14.6 Å². The van der Waals surface area contributed by atoms with Gasteiger partial charge in [-0.25, -0.2) is 4.79 Å². The minimum absolute atomic E-state index is 0.0924. The fraction of sp³-hybridized carbons (Fsp3) is 0.417. The number of benzene rings is 1. The fourth-order valence-electron chi connectivity index (χ4n) is 3.66. The van der Waals surface area contributed by atoms with E-state index in [0.717, 1.165) is 23.2 Å². The lowest BCUT2D eigenvalue weighted by molar-refractivity contribution is -0.144. The number of nitrogens with zero attached hydrogens (tertiary/aromatic N) is 1. The Hall–Kier alpha value is -2.82. The van der Waals surface area contributed by atoms with Crippen LogP contribution in [-0.4, -0.2) is 23.1 Å². The zero-order valence-electron chi connectivity index (χ0n) is 17.7. The number of carbonyl (C=O) groups excluding carboxylic acids is 2. The van der Waals surface area contributed by atoms with E-state index in [0.29, 0.717) is 6.04 Å². The van der Waals surface area contributed by atoms with E-state index in [1.54, 1.807) is 6.08 Å². The van der Waals surface area contributed by atoms with Crippen LogP contribution in [0.5, 0.6) is 0 Å². The summed E-state index contributed by atoms with van der Waals surface area (Å²) in [6.45, 7) is 7.91. The maximum atomic E-state index is 12.2. The van der Waals surface area contributed by atoms with Gasteiger partial charge in [0.05, 0.1) is 6.04 Å². The number of nitrogens with one attached hydrogen (secondary N) is 1. The van der Waals surface area contributed by atoms with Crippen molar-refractivity contribution in [3.63, 3.8) is 0 Å². The van der Waals surface area contributed by atoms with E-state index < -0.39 is 5.97 Å². The molecule has 29 heavy (non-hydrogen) atoms. The molecule has 0 aliphatic heterocycles. The van der Waals surface area contributed by atoms with E-state index in [2.05, 4.69) is 29.8 Å². The third-order valence-electron chi connectivity index (χ3n) is 5.40. The highest BCUT2D eigenvalue weighted by molar-refractivity contribution is 5.89. The second kappa shape index (κ2) is 9.12. The molecule has 2 aromatic rings. The van der Waals surface area contributed by atoms with E-state index in [9.17, 15) is 9.59 Å². The molecule has 1 saturated carbocycles. The van der Waals surface area contributed by atoms with Crippen molar-refractivity contribution in [1.82, 2.24) is 9.88 Å². The van der Waals surface area contributed by atoms with E-state index in [1.165, 1.54) is 30.2 Å². The number of amides is 1. The van der Waals surface area contributed by atoms with Crippen LogP contribution in [0.15, 0.2) is 36.4 Å². The maximum absolute atomic E-state index is 12.2. The molecule has 1 atom stereocenters. The minimum atomic E-state index is -0.514. The summed E-state index contributed by atoms with van der Waals surface area (Å²) in [6.07, 6.45) is 6.36. The molecule has 1 N–H and O–H groups in total. The summed E-state index contributed by atoms with van der Waals surface area (Å²) in [5.74, 6) is -0.814. The third-order valence-corrected chi connectivity index (χ3v) is 5.40. The molecule has 1 aromatic heterocycles. The van der Waals surface area contributed by atoms with Gasteiger partial charge in [0.15, 0.2) is 6.61 Å². The summed E-state index contributed by atoms with van der Waals surface area (Å²) in [7, 11) is 0. The number of rotatable bonds is 8. The lowest BCUT2D eigenvalue weighted by Gasteiger charge is -2.17. The van der Waals surface area contributed by atoms with Gasteiger partial charge >= 0.3 is 5.97 Å². The number of carbonyl (C=O) groups is 2. The van der Waals surface area contributed by atoms with Crippen molar-refractivity contribution >= 4 is 18.0 Å². The van der Waals surface area contributed by atoms with Crippen LogP contribution in [-0.2, 0) is 14.3 Å². The Kier molecular flexibility index (Phi) is 6.57. The van der Waals surface area contributed by atoms with Crippen molar-refractivity contribution in [3.05, 3.63) is 64.5 Å². The Morgan fingerprint density at radius 3 is 2.52 bits per heavy atom. The van der Waals surface area contributed by atoms with Gasteiger partial charge in [0, 0.05) is 23.5 Å². The van der Waals surface area contributed by atoms with Gasteiger partial charge in [-0.2, -0.15) is 0 Å². The van der Waals surface area contributed by atoms with Crippen LogP contribution in [0.4, 0.5) is 0 Å². The predicted molar refractivity (Wildman–Crippen MR) is 115 cm³/mol. The monoisotopic (exact) mass is 394 g/mol. The normalized spacial score (nSPS) is 14.8. The number of aromatic nitrogens is 1. The highest BCUT2D eigenvalue weighted by Crippen LogP contribution is 2.38. The summed E-state index contributed by atoms with van der Waals surface area (Å²) in [6, 6.07) is 10.7. The van der Waals surface area contributed by atoms with Crippen LogP contribution in [0.2, 0.25) is 0 Å². The first-order valence-corrected chi connectivity index (χ1v) is 10.3. The SMILES string of the molecule is CC[C@@H](NC(=O)COC(=O)/C=C/c1cc(C)n(C2CC2)c1C)c1ccc(C)cc1. The van der Waals surface area contributed by atoms with Gasteiger partial charge in [0.1, 0.15) is 0 Å². The van der Waals surface area contributed by atoms with Gasteiger partial charge in [-0.3, -0.25) is 4.79 Å². The minimum Gasteiger partial charge on any atom is -0.452 e. The highest BCUT2D eigenvalue weighted by Gasteiger charge is 2.26. The zero-order chi connectivity index (χ0) is 21.0. The van der Waals surface area contributed by atoms with Gasteiger partial charge in [-0.05, 0) is 63.3 Å². The Balaban J connectivity index is 1.51. The highest BCUT2D eigenvalue weighted by atomic mass is 16.5. The first-order valence-electron chi connectivity index (χ1n) is 10.3. The van der Waals surface area contributed by atoms with E-state index >= 15 is 0 Å². The average molecular weight is 395 g/mol. The molecular weight excluding hydrogens is 364 g/mol. The molecule has 1 fully saturated rings. The maximum Gasteiger partial charge on any atom is 0.331 e. The molecule has 0 radical (unpaired) electrons. The molecule has 5 nitrogen and oxygen atoms in total. The first-order chi connectivity index (χ1) is 13.9. The molecule has 3 rings (SSSR count). The second-order valence-electron chi connectivity index (χ2n) is 7.81. The topological polar surface area (TPSA) is 60.3 Å². The number of aryl methyl sites for hydroxylation is 2. The number of hydrogen-bond acceptors (Lipinski definition) is 3. The molecule has 0 unspecified atom stereocenters. The molecule has 1 heterocycles. The number of ether oxygens (including phenoxy) is 1. The van der Waals surface area contributed by atoms with Crippen molar-refractivity contribution in [1.29, 1.82) is 0 Å². The quantitative estimate of drug-likeness (QED) is 0.527. The van der Waals surface area contributed by atoms with Gasteiger partial charge in [0.25, 0.3) is 5.91 Å². The predicted octanol–water partition coefficient (Wildman–Crippen LogP) is 4.57. The third kappa shape index (κ3) is 5.37. The Morgan fingerprint density at radius 1 is 1.21 bits per heavy atom. The van der Waals surface area contributed by atoms with Gasteiger partial charge in [-0.1, -0.05) is 36.8 Å². The first kappa shape index (κ1) is 20.9. The van der Waals surface area contributed by atoms with Crippen LogP contribution in [0.25, 0.3) is 6.08 Å². The summed E-state index contributed by atoms with van der Waals surface area (Å²) in [5.41, 5.74) is 5.60. The van der Waals surface area contributed by atoms with Crippen LogP contribution in [0.1, 0.15) is 66.3 Å². The summed E-state index contributed by atoms with van der Waals surface area (Å²) in [5, 5.41) is 2.93. The molecule has 0 saturated heterocycles. The number of hydrogen-bond donors (Lipinski definition) is 1. The van der Waals surface area contributed by atoms with Gasteiger partial charge in [-0.15, -0.1) is 0 Å². The van der Waals surface area contributed by atoms with E-state index in [4.69, 9.17) is 4.74 Å². The molecule has 5 heteroatoms. The molecule has 154 valence electrons.